The first kappa shape index (κ1) is 75.0. The molecule has 76 heavy (non-hydrogen) atoms. The topological polar surface area (TPSA) is 108 Å². The smallest absolute Gasteiger partial charge is 0.462 e. The molecule has 0 aliphatic carbocycles. The molecule has 0 saturated carbocycles. The van der Waals surface area contributed by atoms with Crippen molar-refractivity contribution in [3.05, 3.63) is 0 Å². The summed E-state index contributed by atoms with van der Waals surface area (Å²) in [6, 6.07) is 0. The number of rotatable bonds is 64. The quantitative estimate of drug-likeness (QED) is 0.0278. The van der Waals surface area contributed by atoms with Gasteiger partial charge in [-0.15, -0.1) is 0 Å². The number of hydrogen-bond donors (Lipinski definition) is 1. The fourth-order valence-electron chi connectivity index (χ4n) is 10.4. The number of carbonyl (C=O) groups is 2. The van der Waals surface area contributed by atoms with Crippen LogP contribution in [0.25, 0.3) is 0 Å². The zero-order chi connectivity index (χ0) is 55.6. The minimum Gasteiger partial charge on any atom is -0.462 e. The summed E-state index contributed by atoms with van der Waals surface area (Å²) in [6.45, 7) is 4.52. The molecule has 2 atom stereocenters. The number of carbonyl (C=O) groups excluding carboxylic acids is 2. The molecule has 9 nitrogen and oxygen atoms in total. The van der Waals surface area contributed by atoms with Crippen LogP contribution in [0.4, 0.5) is 0 Å². The number of unbranched alkanes of at least 4 members (excludes halogenated alkanes) is 50. The first-order valence-electron chi connectivity index (χ1n) is 33.8. The van der Waals surface area contributed by atoms with Crippen molar-refractivity contribution >= 4 is 19.8 Å². The van der Waals surface area contributed by atoms with E-state index in [2.05, 4.69) is 13.8 Å². The average Bonchev–Trinajstić information content (AvgIpc) is 3.38. The molecule has 0 aromatic heterocycles. The number of phosphoric ester groups is 1. The lowest BCUT2D eigenvalue weighted by Crippen LogP contribution is -2.37. The fourth-order valence-corrected chi connectivity index (χ4v) is 11.2. The molecule has 0 fully saturated rings. The Morgan fingerprint density at radius 3 is 0.842 bits per heavy atom. The van der Waals surface area contributed by atoms with Crippen LogP contribution < -0.4 is 0 Å². The highest BCUT2D eigenvalue weighted by Crippen LogP contribution is 2.43. The van der Waals surface area contributed by atoms with Crippen LogP contribution in [-0.4, -0.2) is 74.9 Å². The maximum atomic E-state index is 12.9. The average molecular weight is 1100 g/mol. The molecule has 0 aromatic carbocycles. The summed E-state index contributed by atoms with van der Waals surface area (Å²) >= 11 is 0. The summed E-state index contributed by atoms with van der Waals surface area (Å²) < 4.78 is 34.7. The molecule has 0 heterocycles. The van der Waals surface area contributed by atoms with Crippen molar-refractivity contribution in [3.8, 4) is 0 Å². The van der Waals surface area contributed by atoms with E-state index in [4.69, 9.17) is 18.5 Å². The van der Waals surface area contributed by atoms with Gasteiger partial charge in [0.15, 0.2) is 6.10 Å². The van der Waals surface area contributed by atoms with E-state index in [0.717, 1.165) is 38.5 Å². The molecule has 0 aliphatic rings. The van der Waals surface area contributed by atoms with Crippen LogP contribution >= 0.6 is 7.82 Å². The molecule has 0 aromatic rings. The number of esters is 2. The van der Waals surface area contributed by atoms with Crippen molar-refractivity contribution in [3.63, 3.8) is 0 Å². The Morgan fingerprint density at radius 1 is 0.355 bits per heavy atom. The third kappa shape index (κ3) is 62.2. The van der Waals surface area contributed by atoms with E-state index in [0.29, 0.717) is 17.4 Å². The number of likely N-dealkylation sites (N-methyl/N-ethyl adjacent to an activating group) is 1. The molecule has 0 rings (SSSR count). The summed E-state index contributed by atoms with van der Waals surface area (Å²) in [4.78, 5) is 35.8. The number of quaternary nitrogens is 1. The van der Waals surface area contributed by atoms with Crippen LogP contribution in [0, 0.1) is 0 Å². The van der Waals surface area contributed by atoms with Gasteiger partial charge in [0.25, 0.3) is 0 Å². The summed E-state index contributed by atoms with van der Waals surface area (Å²) in [7, 11) is 1.51. The Kier molecular flexibility index (Phi) is 57.9. The molecule has 0 bridgehead atoms. The Morgan fingerprint density at radius 2 is 0.592 bits per heavy atom. The van der Waals surface area contributed by atoms with Gasteiger partial charge in [-0.1, -0.05) is 335 Å². The minimum absolute atomic E-state index is 0.0376. The molecule has 454 valence electrons. The summed E-state index contributed by atoms with van der Waals surface area (Å²) in [6.07, 6.45) is 69.3. The maximum Gasteiger partial charge on any atom is 0.472 e. The van der Waals surface area contributed by atoms with Gasteiger partial charge >= 0.3 is 19.8 Å². The highest BCUT2D eigenvalue weighted by atomic mass is 31.2. The van der Waals surface area contributed by atoms with Crippen molar-refractivity contribution in [1.29, 1.82) is 0 Å². The Bertz CT molecular complexity index is 1240. The second kappa shape index (κ2) is 58.7. The monoisotopic (exact) mass is 1100 g/mol. The second-order valence-corrected chi connectivity index (χ2v) is 26.0. The van der Waals surface area contributed by atoms with Crippen LogP contribution in [0.5, 0.6) is 0 Å². The van der Waals surface area contributed by atoms with E-state index in [1.54, 1.807) is 0 Å². The Labute approximate surface area is 474 Å². The highest BCUT2D eigenvalue weighted by molar-refractivity contribution is 7.47. The summed E-state index contributed by atoms with van der Waals surface area (Å²) in [5.74, 6) is -0.770. The third-order valence-electron chi connectivity index (χ3n) is 15.6. The van der Waals surface area contributed by atoms with E-state index in [1.165, 1.54) is 295 Å². The van der Waals surface area contributed by atoms with Gasteiger partial charge in [0, 0.05) is 12.8 Å². The largest absolute Gasteiger partial charge is 0.472 e. The second-order valence-electron chi connectivity index (χ2n) is 24.6. The SMILES string of the molecule is CCCCCCCCCCCCCCCCCCCCCCCCCCCCCCCCCCCC(=O)OC(COC(=O)CCCCCCCCCCCCCCCCCCCCC)COP(=O)(O)OCC[N+](C)(C)C. The predicted octanol–water partition coefficient (Wildman–Crippen LogP) is 21.4. The minimum atomic E-state index is -4.38. The normalized spacial score (nSPS) is 13.1. The first-order chi connectivity index (χ1) is 37.0. The number of hydrogen-bond acceptors (Lipinski definition) is 7. The van der Waals surface area contributed by atoms with Gasteiger partial charge in [0.1, 0.15) is 19.8 Å². The van der Waals surface area contributed by atoms with Gasteiger partial charge in [0.05, 0.1) is 27.7 Å². The van der Waals surface area contributed by atoms with Crippen LogP contribution in [0.3, 0.4) is 0 Å². The van der Waals surface area contributed by atoms with Crippen LogP contribution in [0.1, 0.15) is 361 Å². The Balaban J connectivity index is 3.95. The standard InChI is InChI=1S/C66H132NO8P/c1-6-8-10-12-14-16-18-20-22-24-26-27-28-29-30-31-32-33-34-35-36-37-38-39-41-43-45-47-49-51-53-55-57-59-66(69)75-64(63-74-76(70,71)73-61-60-67(3,4)5)62-72-65(68)58-56-54-52-50-48-46-44-42-40-25-23-21-19-17-15-13-11-9-7-2/h64H,6-63H2,1-5H3/p+1. The van der Waals surface area contributed by atoms with Crippen LogP contribution in [0.2, 0.25) is 0 Å². The van der Waals surface area contributed by atoms with Crippen molar-refractivity contribution < 1.29 is 42.1 Å². The molecule has 0 saturated heterocycles. The third-order valence-corrected chi connectivity index (χ3v) is 16.6. The summed E-state index contributed by atoms with van der Waals surface area (Å²) in [5, 5.41) is 0. The summed E-state index contributed by atoms with van der Waals surface area (Å²) in [5.41, 5.74) is 0. The van der Waals surface area contributed by atoms with Crippen molar-refractivity contribution in [2.45, 2.75) is 367 Å². The zero-order valence-corrected chi connectivity index (χ0v) is 52.7. The van der Waals surface area contributed by atoms with E-state index in [9.17, 15) is 19.0 Å². The molecule has 0 amide bonds. The number of phosphoric acid groups is 1. The van der Waals surface area contributed by atoms with Crippen molar-refractivity contribution in [2.75, 3.05) is 47.5 Å². The molecule has 0 spiro atoms. The maximum absolute atomic E-state index is 12.9. The van der Waals surface area contributed by atoms with Gasteiger partial charge < -0.3 is 18.9 Å². The molecule has 2 unspecified atom stereocenters. The number of nitrogens with zero attached hydrogens (tertiary/aromatic N) is 1. The van der Waals surface area contributed by atoms with Crippen LogP contribution in [0.15, 0.2) is 0 Å². The van der Waals surface area contributed by atoms with E-state index in [-0.39, 0.29) is 25.6 Å². The fraction of sp³-hybridized carbons (Fsp3) is 0.970. The molecule has 0 radical (unpaired) electrons. The Hall–Kier alpha value is -0.990. The van der Waals surface area contributed by atoms with E-state index in [1.807, 2.05) is 21.1 Å². The highest BCUT2D eigenvalue weighted by Gasteiger charge is 2.27. The molecular formula is C66H133NO8P+. The molecular weight excluding hydrogens is 966 g/mol. The predicted molar refractivity (Wildman–Crippen MR) is 326 cm³/mol. The first-order valence-corrected chi connectivity index (χ1v) is 35.3. The van der Waals surface area contributed by atoms with Crippen molar-refractivity contribution in [1.82, 2.24) is 0 Å². The lowest BCUT2D eigenvalue weighted by atomic mass is 10.0. The molecule has 0 aliphatic heterocycles. The van der Waals surface area contributed by atoms with Gasteiger partial charge in [-0.05, 0) is 12.8 Å². The van der Waals surface area contributed by atoms with Gasteiger partial charge in [0.2, 0.25) is 0 Å². The molecule has 1 N–H and O–H groups in total. The number of ether oxygens (including phenoxy) is 2. The van der Waals surface area contributed by atoms with Gasteiger partial charge in [-0.25, -0.2) is 4.57 Å². The van der Waals surface area contributed by atoms with E-state index < -0.39 is 26.5 Å². The molecule has 10 heteroatoms. The lowest BCUT2D eigenvalue weighted by molar-refractivity contribution is -0.870. The zero-order valence-electron chi connectivity index (χ0n) is 51.8. The van der Waals surface area contributed by atoms with Gasteiger partial charge in [-0.3, -0.25) is 18.6 Å². The van der Waals surface area contributed by atoms with Crippen molar-refractivity contribution in [2.24, 2.45) is 0 Å². The van der Waals surface area contributed by atoms with Crippen LogP contribution in [-0.2, 0) is 32.7 Å². The van der Waals surface area contributed by atoms with E-state index >= 15 is 0 Å². The van der Waals surface area contributed by atoms with Gasteiger partial charge in [-0.2, -0.15) is 0 Å². The lowest BCUT2D eigenvalue weighted by Gasteiger charge is -2.24.